The largest absolute Gasteiger partial charge is 0.378 e. The van der Waals surface area contributed by atoms with Crippen LogP contribution in [0.4, 0.5) is 5.82 Å². The minimum Gasteiger partial charge on any atom is -0.378 e. The van der Waals surface area contributed by atoms with E-state index in [9.17, 15) is 9.59 Å². The maximum atomic E-state index is 13.6. The Balaban J connectivity index is 1.44. The number of ether oxygens (including phenoxy) is 1. The van der Waals surface area contributed by atoms with E-state index < -0.39 is 0 Å². The van der Waals surface area contributed by atoms with E-state index in [2.05, 4.69) is 14.9 Å². The summed E-state index contributed by atoms with van der Waals surface area (Å²) in [7, 11) is 1.81. The third-order valence-corrected chi connectivity index (χ3v) is 7.24. The molecule has 4 aromatic rings. The number of aryl methyl sites for hydroxylation is 2. The van der Waals surface area contributed by atoms with Crippen LogP contribution in [0, 0.1) is 6.92 Å². The van der Waals surface area contributed by atoms with Crippen molar-refractivity contribution in [2.45, 2.75) is 20.3 Å². The Kier molecular flexibility index (Phi) is 6.14. The second-order valence-corrected chi connectivity index (χ2v) is 9.50. The lowest BCUT2D eigenvalue weighted by Gasteiger charge is -2.34. The second-order valence-electron chi connectivity index (χ2n) is 9.50. The predicted molar refractivity (Wildman–Crippen MR) is 139 cm³/mol. The molecule has 0 aliphatic carbocycles. The molecule has 2 aliphatic rings. The molecule has 0 N–H and O–H groups in total. The Labute approximate surface area is 219 Å². The van der Waals surface area contributed by atoms with E-state index in [1.165, 1.54) is 0 Å². The van der Waals surface area contributed by atoms with Crippen LogP contribution in [0.1, 0.15) is 29.8 Å². The van der Waals surface area contributed by atoms with Gasteiger partial charge in [0.15, 0.2) is 17.0 Å². The van der Waals surface area contributed by atoms with Crippen molar-refractivity contribution in [3.8, 4) is 5.95 Å². The van der Waals surface area contributed by atoms with E-state index in [0.29, 0.717) is 87.7 Å². The van der Waals surface area contributed by atoms with Crippen LogP contribution in [-0.4, -0.2) is 108 Å². The summed E-state index contributed by atoms with van der Waals surface area (Å²) in [6.07, 6.45) is 3.92. The van der Waals surface area contributed by atoms with Gasteiger partial charge in [-0.05, 0) is 13.0 Å². The summed E-state index contributed by atoms with van der Waals surface area (Å²) in [5.74, 6) is 2.06. The molecule has 0 unspecified atom stereocenters. The number of amides is 2. The van der Waals surface area contributed by atoms with Crippen molar-refractivity contribution in [2.75, 3.05) is 57.4 Å². The van der Waals surface area contributed by atoms with Crippen LogP contribution in [-0.2, 0) is 16.6 Å². The molecule has 2 aliphatic heterocycles. The highest BCUT2D eigenvalue weighted by Crippen LogP contribution is 2.28. The molecule has 0 spiro atoms. The average molecular weight is 519 g/mol. The van der Waals surface area contributed by atoms with Crippen LogP contribution in [0.2, 0.25) is 0 Å². The molecular weight excluding hydrogens is 488 g/mol. The Morgan fingerprint density at radius 1 is 0.974 bits per heavy atom. The third-order valence-electron chi connectivity index (χ3n) is 7.24. The highest BCUT2D eigenvalue weighted by atomic mass is 16.5. The molecule has 0 atom stereocenters. The van der Waals surface area contributed by atoms with Crippen molar-refractivity contribution < 1.29 is 14.3 Å². The number of hydrogen-bond donors (Lipinski definition) is 0. The minimum absolute atomic E-state index is 0.107. The van der Waals surface area contributed by atoms with Crippen LogP contribution >= 0.6 is 0 Å². The molecular formula is C25H30N10O3. The van der Waals surface area contributed by atoms with Gasteiger partial charge in [-0.1, -0.05) is 6.92 Å². The van der Waals surface area contributed by atoms with Crippen molar-refractivity contribution in [1.29, 1.82) is 0 Å². The van der Waals surface area contributed by atoms with Crippen molar-refractivity contribution in [1.82, 2.24) is 43.9 Å². The SMILES string of the molecule is CCC(=O)N1CCN(C(=O)c2nc3c(N4CCOCC4)nc(-n4c(C)nc5ccncc54)nc3n2C)CC1. The number of carbonyl (C=O) groups is 2. The summed E-state index contributed by atoms with van der Waals surface area (Å²) < 4.78 is 9.19. The average Bonchev–Trinajstić information content (AvgIpc) is 3.48. The van der Waals surface area contributed by atoms with E-state index in [1.807, 2.05) is 24.5 Å². The molecule has 2 amide bonds. The molecule has 198 valence electrons. The van der Waals surface area contributed by atoms with Crippen LogP contribution in [0.25, 0.3) is 28.1 Å². The molecule has 2 saturated heterocycles. The molecule has 13 nitrogen and oxygen atoms in total. The number of hydrogen-bond acceptors (Lipinski definition) is 9. The molecule has 13 heteroatoms. The lowest BCUT2D eigenvalue weighted by atomic mass is 10.2. The molecule has 0 aromatic carbocycles. The number of fused-ring (bicyclic) bond motifs is 2. The van der Waals surface area contributed by atoms with Crippen LogP contribution in [0.5, 0.6) is 0 Å². The topological polar surface area (TPSA) is 127 Å². The maximum Gasteiger partial charge on any atom is 0.290 e. The number of nitrogens with zero attached hydrogens (tertiary/aromatic N) is 10. The molecule has 0 radical (unpaired) electrons. The molecule has 38 heavy (non-hydrogen) atoms. The van der Waals surface area contributed by atoms with Gasteiger partial charge in [-0.15, -0.1) is 0 Å². The summed E-state index contributed by atoms with van der Waals surface area (Å²) >= 11 is 0. The van der Waals surface area contributed by atoms with Gasteiger partial charge in [0.05, 0.1) is 30.4 Å². The lowest BCUT2D eigenvalue weighted by Crippen LogP contribution is -2.50. The van der Waals surface area contributed by atoms with Crippen molar-refractivity contribution in [3.63, 3.8) is 0 Å². The van der Waals surface area contributed by atoms with Gasteiger partial charge in [-0.25, -0.2) is 9.97 Å². The number of piperazine rings is 1. The zero-order valence-corrected chi connectivity index (χ0v) is 21.8. The first-order chi connectivity index (χ1) is 18.5. The van der Waals surface area contributed by atoms with E-state index in [-0.39, 0.29) is 11.8 Å². The summed E-state index contributed by atoms with van der Waals surface area (Å²) in [5, 5.41) is 0. The van der Waals surface area contributed by atoms with Gasteiger partial charge in [-0.3, -0.25) is 19.1 Å². The zero-order valence-electron chi connectivity index (χ0n) is 21.8. The highest BCUT2D eigenvalue weighted by Gasteiger charge is 2.30. The smallest absolute Gasteiger partial charge is 0.290 e. The standard InChI is InChI=1S/C25H30N10O3/c1-4-19(36)32-7-9-34(10-8-32)24(37)23-28-20-21(31(23)3)29-25(30-22(20)33-11-13-38-14-12-33)35-16(2)27-17-5-6-26-15-18(17)35/h5-6,15H,4,7-14H2,1-3H3. The number of aromatic nitrogens is 7. The van der Waals surface area contributed by atoms with Crippen molar-refractivity contribution >= 4 is 39.8 Å². The molecule has 0 saturated carbocycles. The van der Waals surface area contributed by atoms with E-state index in [0.717, 1.165) is 16.9 Å². The fourth-order valence-electron chi connectivity index (χ4n) is 5.14. The lowest BCUT2D eigenvalue weighted by molar-refractivity contribution is -0.132. The highest BCUT2D eigenvalue weighted by molar-refractivity contribution is 5.97. The third kappa shape index (κ3) is 4.02. The normalized spacial score (nSPS) is 16.6. The van der Waals surface area contributed by atoms with Crippen molar-refractivity contribution in [2.24, 2.45) is 7.05 Å². The molecule has 6 rings (SSSR count). The van der Waals surface area contributed by atoms with Gasteiger partial charge < -0.3 is 24.0 Å². The molecule has 6 heterocycles. The number of rotatable bonds is 4. The zero-order chi connectivity index (χ0) is 26.4. The van der Waals surface area contributed by atoms with E-state index in [1.54, 1.807) is 33.8 Å². The van der Waals surface area contributed by atoms with Crippen LogP contribution in [0.3, 0.4) is 0 Å². The Hall–Kier alpha value is -4.13. The van der Waals surface area contributed by atoms with Crippen LogP contribution in [0.15, 0.2) is 18.5 Å². The Bertz CT molecular complexity index is 1530. The summed E-state index contributed by atoms with van der Waals surface area (Å²) in [6.45, 7) is 8.21. The number of pyridine rings is 1. The first-order valence-corrected chi connectivity index (χ1v) is 12.9. The van der Waals surface area contributed by atoms with Gasteiger partial charge in [0.2, 0.25) is 17.7 Å². The predicted octanol–water partition coefficient (Wildman–Crippen LogP) is 0.937. The van der Waals surface area contributed by atoms with Gasteiger partial charge in [0, 0.05) is 58.9 Å². The quantitative estimate of drug-likeness (QED) is 0.388. The van der Waals surface area contributed by atoms with Crippen LogP contribution < -0.4 is 4.90 Å². The molecule has 2 fully saturated rings. The summed E-state index contributed by atoms with van der Waals surface area (Å²) in [5.41, 5.74) is 2.73. The first kappa shape index (κ1) is 24.2. The first-order valence-electron chi connectivity index (χ1n) is 12.9. The van der Waals surface area contributed by atoms with E-state index in [4.69, 9.17) is 19.7 Å². The Morgan fingerprint density at radius 2 is 1.71 bits per heavy atom. The van der Waals surface area contributed by atoms with Gasteiger partial charge in [-0.2, -0.15) is 9.97 Å². The fraction of sp³-hybridized carbons (Fsp3) is 0.480. The maximum absolute atomic E-state index is 13.6. The number of imidazole rings is 2. The van der Waals surface area contributed by atoms with Gasteiger partial charge >= 0.3 is 0 Å². The number of carbonyl (C=O) groups excluding carboxylic acids is 2. The summed E-state index contributed by atoms with van der Waals surface area (Å²) in [6, 6.07) is 1.86. The second kappa shape index (κ2) is 9.63. The van der Waals surface area contributed by atoms with Gasteiger partial charge in [0.25, 0.3) is 5.91 Å². The van der Waals surface area contributed by atoms with Crippen molar-refractivity contribution in [3.05, 3.63) is 30.1 Å². The molecule has 0 bridgehead atoms. The Morgan fingerprint density at radius 3 is 2.45 bits per heavy atom. The van der Waals surface area contributed by atoms with E-state index >= 15 is 0 Å². The monoisotopic (exact) mass is 518 g/mol. The van der Waals surface area contributed by atoms with Gasteiger partial charge in [0.1, 0.15) is 5.82 Å². The molecule has 4 aromatic heterocycles. The fourth-order valence-corrected chi connectivity index (χ4v) is 5.14. The minimum atomic E-state index is -0.183. The summed E-state index contributed by atoms with van der Waals surface area (Å²) in [4.78, 5) is 54.9. The number of anilines is 1. The number of morpholine rings is 1.